The topological polar surface area (TPSA) is 77.5 Å². The van der Waals surface area contributed by atoms with Gasteiger partial charge >= 0.3 is 0 Å². The summed E-state index contributed by atoms with van der Waals surface area (Å²) in [6.45, 7) is 1.17. The predicted octanol–water partition coefficient (Wildman–Crippen LogP) is 2.36. The molecule has 6 nitrogen and oxygen atoms in total. The van der Waals surface area contributed by atoms with Gasteiger partial charge in [0.25, 0.3) is 0 Å². The lowest BCUT2D eigenvalue weighted by atomic mass is 9.98. The summed E-state index contributed by atoms with van der Waals surface area (Å²) in [6.07, 6.45) is 2.66. The van der Waals surface area contributed by atoms with E-state index >= 15 is 0 Å². The van der Waals surface area contributed by atoms with Crippen LogP contribution in [0.3, 0.4) is 0 Å². The molecular formula is C18H20F2N2O4S. The van der Waals surface area contributed by atoms with Crippen LogP contribution in [0.2, 0.25) is 0 Å². The van der Waals surface area contributed by atoms with E-state index in [0.29, 0.717) is 30.9 Å². The zero-order chi connectivity index (χ0) is 19.4. The zero-order valence-electron chi connectivity index (χ0n) is 14.7. The number of nitrogens with one attached hydrogen (secondary N) is 1. The van der Waals surface area contributed by atoms with E-state index < -0.39 is 21.7 Å². The maximum atomic E-state index is 13.8. The van der Waals surface area contributed by atoms with E-state index in [1.807, 2.05) is 0 Å². The number of aromatic nitrogens is 1. The van der Waals surface area contributed by atoms with E-state index in [0.717, 1.165) is 18.5 Å². The van der Waals surface area contributed by atoms with Crippen LogP contribution in [0.15, 0.2) is 36.5 Å². The monoisotopic (exact) mass is 398 g/mol. The van der Waals surface area contributed by atoms with Gasteiger partial charge in [-0.15, -0.1) is 0 Å². The Morgan fingerprint density at radius 3 is 2.70 bits per heavy atom. The standard InChI is InChI=1S/C18H20F2N2O4S/c1-27(23,24)22-17-6-7-25-10-13(17)11-26-15-4-2-12(3-5-15)18-16(20)8-14(19)9-21-18/h2-5,8-9,13,17,22H,6-7,10-11H2,1H3/t13-,17?/m1/s1. The summed E-state index contributed by atoms with van der Waals surface area (Å²) < 4.78 is 63.5. The smallest absolute Gasteiger partial charge is 0.208 e. The second-order valence-corrected chi connectivity index (χ2v) is 8.22. The first kappa shape index (κ1) is 19.7. The highest BCUT2D eigenvalue weighted by molar-refractivity contribution is 7.88. The molecule has 0 bridgehead atoms. The number of nitrogens with zero attached hydrogens (tertiary/aromatic N) is 1. The van der Waals surface area contributed by atoms with Crippen molar-refractivity contribution in [2.45, 2.75) is 12.5 Å². The van der Waals surface area contributed by atoms with Gasteiger partial charge in [0, 0.05) is 30.2 Å². The normalized spacial score (nSPS) is 20.4. The van der Waals surface area contributed by atoms with Gasteiger partial charge in [-0.3, -0.25) is 4.98 Å². The third kappa shape index (κ3) is 5.44. The first-order valence-corrected chi connectivity index (χ1v) is 10.3. The van der Waals surface area contributed by atoms with E-state index in [4.69, 9.17) is 9.47 Å². The van der Waals surface area contributed by atoms with Crippen molar-refractivity contribution in [1.82, 2.24) is 9.71 Å². The summed E-state index contributed by atoms with van der Waals surface area (Å²) in [6, 6.07) is 7.10. The number of halogens is 2. The first-order valence-electron chi connectivity index (χ1n) is 8.41. The van der Waals surface area contributed by atoms with Gasteiger partial charge in [-0.2, -0.15) is 0 Å². The van der Waals surface area contributed by atoms with Crippen LogP contribution in [-0.4, -0.2) is 45.5 Å². The number of hydrogen-bond acceptors (Lipinski definition) is 5. The van der Waals surface area contributed by atoms with Crippen LogP contribution < -0.4 is 9.46 Å². The summed E-state index contributed by atoms with van der Waals surface area (Å²) in [4.78, 5) is 3.77. The highest BCUT2D eigenvalue weighted by atomic mass is 32.2. The SMILES string of the molecule is CS(=O)(=O)NC1CCOC[C@@H]1COc1ccc(-c2ncc(F)cc2F)cc1. The molecule has 0 aliphatic carbocycles. The minimum absolute atomic E-state index is 0.0565. The molecule has 146 valence electrons. The van der Waals surface area contributed by atoms with Crippen LogP contribution in [0.1, 0.15) is 6.42 Å². The van der Waals surface area contributed by atoms with E-state index in [9.17, 15) is 17.2 Å². The number of hydrogen-bond donors (Lipinski definition) is 1. The maximum absolute atomic E-state index is 13.8. The fraction of sp³-hybridized carbons (Fsp3) is 0.389. The molecule has 0 saturated carbocycles. The van der Waals surface area contributed by atoms with E-state index in [-0.39, 0.29) is 24.3 Å². The van der Waals surface area contributed by atoms with E-state index in [1.54, 1.807) is 24.3 Å². The van der Waals surface area contributed by atoms with Gasteiger partial charge in [0.1, 0.15) is 17.3 Å². The van der Waals surface area contributed by atoms with Gasteiger partial charge in [0.15, 0.2) is 5.82 Å². The average Bonchev–Trinajstić information content (AvgIpc) is 2.60. The highest BCUT2D eigenvalue weighted by Gasteiger charge is 2.28. The molecule has 1 unspecified atom stereocenters. The average molecular weight is 398 g/mol. The van der Waals surface area contributed by atoms with Crippen molar-refractivity contribution in [3.8, 4) is 17.0 Å². The van der Waals surface area contributed by atoms with E-state index in [1.165, 1.54) is 0 Å². The molecule has 0 amide bonds. The van der Waals surface area contributed by atoms with Gasteiger partial charge in [-0.05, 0) is 30.7 Å². The molecule has 1 N–H and O–H groups in total. The summed E-state index contributed by atoms with van der Waals surface area (Å²) in [7, 11) is -3.31. The number of rotatable bonds is 6. The molecule has 2 heterocycles. The fourth-order valence-corrected chi connectivity index (χ4v) is 3.79. The van der Waals surface area contributed by atoms with Crippen LogP contribution in [0.4, 0.5) is 8.78 Å². The van der Waals surface area contributed by atoms with Crippen molar-refractivity contribution in [2.24, 2.45) is 5.92 Å². The largest absolute Gasteiger partial charge is 0.493 e. The van der Waals surface area contributed by atoms with Crippen LogP contribution >= 0.6 is 0 Å². The molecule has 1 aromatic carbocycles. The minimum atomic E-state index is -3.31. The van der Waals surface area contributed by atoms with Crippen molar-refractivity contribution in [2.75, 3.05) is 26.1 Å². The van der Waals surface area contributed by atoms with Gasteiger partial charge in [0.2, 0.25) is 10.0 Å². The minimum Gasteiger partial charge on any atom is -0.493 e. The molecule has 1 aliphatic heterocycles. The molecule has 0 spiro atoms. The Morgan fingerprint density at radius 1 is 1.30 bits per heavy atom. The van der Waals surface area contributed by atoms with Crippen LogP contribution in [0.25, 0.3) is 11.3 Å². The Balaban J connectivity index is 1.64. The molecule has 3 rings (SSSR count). The van der Waals surface area contributed by atoms with Gasteiger partial charge in [-0.25, -0.2) is 21.9 Å². The summed E-state index contributed by atoms with van der Waals surface area (Å²) in [5.41, 5.74) is 0.554. The highest BCUT2D eigenvalue weighted by Crippen LogP contribution is 2.24. The predicted molar refractivity (Wildman–Crippen MR) is 95.8 cm³/mol. The number of pyridine rings is 1. The molecule has 1 fully saturated rings. The Bertz CT molecular complexity index is 891. The Kier molecular flexibility index (Phi) is 6.03. The fourth-order valence-electron chi connectivity index (χ4n) is 2.93. The molecule has 1 aliphatic rings. The van der Waals surface area contributed by atoms with Crippen molar-refractivity contribution in [1.29, 1.82) is 0 Å². The van der Waals surface area contributed by atoms with Crippen molar-refractivity contribution in [3.05, 3.63) is 48.2 Å². The number of benzene rings is 1. The second kappa shape index (κ2) is 8.28. The molecule has 27 heavy (non-hydrogen) atoms. The molecule has 2 atom stereocenters. The quantitative estimate of drug-likeness (QED) is 0.808. The molecule has 0 radical (unpaired) electrons. The Hall–Kier alpha value is -2.10. The van der Waals surface area contributed by atoms with Gasteiger partial charge in [-0.1, -0.05) is 0 Å². The van der Waals surface area contributed by atoms with Gasteiger partial charge in [0.05, 0.1) is 25.7 Å². The van der Waals surface area contributed by atoms with E-state index in [2.05, 4.69) is 9.71 Å². The van der Waals surface area contributed by atoms with Gasteiger partial charge < -0.3 is 9.47 Å². The van der Waals surface area contributed by atoms with Crippen LogP contribution in [-0.2, 0) is 14.8 Å². The second-order valence-electron chi connectivity index (χ2n) is 6.44. The summed E-state index contributed by atoms with van der Waals surface area (Å²) in [5.74, 6) is -1.05. The zero-order valence-corrected chi connectivity index (χ0v) is 15.5. The van der Waals surface area contributed by atoms with Crippen molar-refractivity contribution >= 4 is 10.0 Å². The number of sulfonamides is 1. The summed E-state index contributed by atoms with van der Waals surface area (Å²) in [5, 5.41) is 0. The Labute approximate surface area is 156 Å². The molecule has 1 saturated heterocycles. The third-order valence-corrected chi connectivity index (χ3v) is 4.97. The van der Waals surface area contributed by atoms with Crippen molar-refractivity contribution in [3.63, 3.8) is 0 Å². The molecule has 2 aromatic rings. The third-order valence-electron chi connectivity index (χ3n) is 4.24. The molecular weight excluding hydrogens is 378 g/mol. The maximum Gasteiger partial charge on any atom is 0.208 e. The first-order chi connectivity index (χ1) is 12.8. The van der Waals surface area contributed by atoms with Crippen LogP contribution in [0.5, 0.6) is 5.75 Å². The van der Waals surface area contributed by atoms with Crippen LogP contribution in [0, 0.1) is 17.6 Å². The lowest BCUT2D eigenvalue weighted by molar-refractivity contribution is 0.0187. The van der Waals surface area contributed by atoms with Crippen molar-refractivity contribution < 1.29 is 26.7 Å². The summed E-state index contributed by atoms with van der Waals surface area (Å²) >= 11 is 0. The molecule has 9 heteroatoms. The number of ether oxygens (including phenoxy) is 2. The lowest BCUT2D eigenvalue weighted by Crippen LogP contribution is -2.47. The molecule has 1 aromatic heterocycles. The lowest BCUT2D eigenvalue weighted by Gasteiger charge is -2.31. The Morgan fingerprint density at radius 2 is 2.04 bits per heavy atom.